The van der Waals surface area contributed by atoms with Crippen molar-refractivity contribution in [2.45, 2.75) is 59.3 Å². The van der Waals surface area contributed by atoms with Gasteiger partial charge in [-0.1, -0.05) is 13.8 Å². The maximum atomic E-state index is 11.2. The molecule has 0 spiro atoms. The monoisotopic (exact) mass is 222 g/mol. The number of hydrogen-bond acceptors (Lipinski definition) is 2. The molecule has 0 amide bonds. The van der Waals surface area contributed by atoms with Crippen molar-refractivity contribution in [1.29, 1.82) is 0 Å². The van der Waals surface area contributed by atoms with Crippen LogP contribution in [0.3, 0.4) is 0 Å². The van der Waals surface area contributed by atoms with Crippen molar-refractivity contribution >= 4 is 5.78 Å². The Morgan fingerprint density at radius 2 is 2.12 bits per heavy atom. The lowest BCUT2D eigenvalue weighted by Crippen LogP contribution is -1.98. The molecule has 0 N–H and O–H groups in total. The molecular weight excluding hydrogens is 200 g/mol. The molecule has 1 aromatic rings. The Kier molecular flexibility index (Phi) is 4.78. The fourth-order valence-corrected chi connectivity index (χ4v) is 2.08. The van der Waals surface area contributed by atoms with Crippen LogP contribution >= 0.6 is 0 Å². The van der Waals surface area contributed by atoms with Gasteiger partial charge in [-0.2, -0.15) is 0 Å². The first kappa shape index (κ1) is 13.0. The summed E-state index contributed by atoms with van der Waals surface area (Å²) in [6, 6.07) is 2.11. The van der Waals surface area contributed by atoms with Gasteiger partial charge in [0.05, 0.1) is 0 Å². The highest BCUT2D eigenvalue weighted by molar-refractivity contribution is 5.77. The van der Waals surface area contributed by atoms with Crippen LogP contribution < -0.4 is 0 Å². The number of Topliss-reactive ketones (excluding diaryl/α,β-unsaturated/α-hetero) is 1. The molecule has 90 valence electrons. The Morgan fingerprint density at radius 1 is 1.44 bits per heavy atom. The highest BCUT2D eigenvalue weighted by Crippen LogP contribution is 2.27. The van der Waals surface area contributed by atoms with Gasteiger partial charge in [-0.25, -0.2) is 0 Å². The normalized spacial score (nSPS) is 12.8. The minimum Gasteiger partial charge on any atom is -0.466 e. The maximum Gasteiger partial charge on any atom is 0.132 e. The largest absolute Gasteiger partial charge is 0.466 e. The fraction of sp³-hybridized carbons (Fsp3) is 0.643. The molecule has 0 saturated carbocycles. The zero-order valence-corrected chi connectivity index (χ0v) is 10.8. The van der Waals surface area contributed by atoms with Gasteiger partial charge in [-0.15, -0.1) is 0 Å². The van der Waals surface area contributed by atoms with Crippen molar-refractivity contribution in [3.63, 3.8) is 0 Å². The van der Waals surface area contributed by atoms with E-state index in [0.717, 1.165) is 30.8 Å². The number of rotatable bonds is 6. The molecule has 0 radical (unpaired) electrons. The van der Waals surface area contributed by atoms with Crippen LogP contribution in [0.4, 0.5) is 0 Å². The summed E-state index contributed by atoms with van der Waals surface area (Å²) in [4.78, 5) is 11.2. The first-order chi connectivity index (χ1) is 7.54. The van der Waals surface area contributed by atoms with E-state index in [-0.39, 0.29) is 0 Å². The van der Waals surface area contributed by atoms with E-state index in [1.165, 1.54) is 5.56 Å². The smallest absolute Gasteiger partial charge is 0.132 e. The van der Waals surface area contributed by atoms with Crippen molar-refractivity contribution in [2.75, 3.05) is 0 Å². The van der Waals surface area contributed by atoms with Gasteiger partial charge in [0.15, 0.2) is 0 Å². The van der Waals surface area contributed by atoms with Crippen LogP contribution in [0.2, 0.25) is 0 Å². The molecule has 0 aliphatic rings. The highest BCUT2D eigenvalue weighted by Gasteiger charge is 2.12. The molecule has 0 aliphatic carbocycles. The van der Waals surface area contributed by atoms with Gasteiger partial charge in [-0.05, 0) is 44.2 Å². The van der Waals surface area contributed by atoms with Crippen molar-refractivity contribution in [3.05, 3.63) is 23.2 Å². The van der Waals surface area contributed by atoms with Crippen molar-refractivity contribution in [2.24, 2.45) is 0 Å². The second-order valence-electron chi connectivity index (χ2n) is 4.55. The second kappa shape index (κ2) is 5.88. The molecular formula is C14H22O2. The van der Waals surface area contributed by atoms with E-state index in [2.05, 4.69) is 13.0 Å². The first-order valence-electron chi connectivity index (χ1n) is 6.13. The van der Waals surface area contributed by atoms with Crippen molar-refractivity contribution in [3.8, 4) is 0 Å². The summed E-state index contributed by atoms with van der Waals surface area (Å²) >= 11 is 0. The molecule has 1 rings (SSSR count). The third-order valence-corrected chi connectivity index (χ3v) is 3.10. The molecule has 0 fully saturated rings. The Balaban J connectivity index is 2.43. The number of hydrogen-bond donors (Lipinski definition) is 0. The van der Waals surface area contributed by atoms with Crippen LogP contribution in [0.25, 0.3) is 0 Å². The van der Waals surface area contributed by atoms with Gasteiger partial charge in [0.25, 0.3) is 0 Å². The molecule has 0 aromatic carbocycles. The quantitative estimate of drug-likeness (QED) is 0.723. The molecule has 0 aliphatic heterocycles. The predicted octanol–water partition coefficient (Wildman–Crippen LogP) is 4.15. The highest BCUT2D eigenvalue weighted by atomic mass is 16.3. The Labute approximate surface area is 98.0 Å². The second-order valence-corrected chi connectivity index (χ2v) is 4.55. The van der Waals surface area contributed by atoms with Gasteiger partial charge < -0.3 is 4.42 Å². The minimum absolute atomic E-state index is 0.368. The lowest BCUT2D eigenvalue weighted by molar-refractivity contribution is -0.118. The number of carbonyl (C=O) groups is 1. The van der Waals surface area contributed by atoms with Crippen LogP contribution in [0.5, 0.6) is 0 Å². The average molecular weight is 222 g/mol. The van der Waals surface area contributed by atoms with E-state index in [1.807, 2.05) is 20.8 Å². The maximum absolute atomic E-state index is 11.2. The average Bonchev–Trinajstić information content (AvgIpc) is 2.57. The summed E-state index contributed by atoms with van der Waals surface area (Å²) in [7, 11) is 0. The topological polar surface area (TPSA) is 30.2 Å². The molecule has 0 saturated heterocycles. The number of carbonyl (C=O) groups excluding carboxylic acids is 1. The Hall–Kier alpha value is -1.05. The summed E-state index contributed by atoms with van der Waals surface area (Å²) in [5.41, 5.74) is 1.29. The fourth-order valence-electron chi connectivity index (χ4n) is 2.08. The molecule has 2 nitrogen and oxygen atoms in total. The lowest BCUT2D eigenvalue weighted by atomic mass is 9.95. The van der Waals surface area contributed by atoms with Crippen LogP contribution in [0, 0.1) is 13.8 Å². The van der Waals surface area contributed by atoms with E-state index in [0.29, 0.717) is 18.1 Å². The van der Waals surface area contributed by atoms with E-state index < -0.39 is 0 Å². The van der Waals surface area contributed by atoms with Crippen molar-refractivity contribution < 1.29 is 9.21 Å². The summed E-state index contributed by atoms with van der Waals surface area (Å²) in [5.74, 6) is 2.85. The summed E-state index contributed by atoms with van der Waals surface area (Å²) in [5, 5.41) is 0. The Morgan fingerprint density at radius 3 is 2.62 bits per heavy atom. The molecule has 2 heteroatoms. The zero-order chi connectivity index (χ0) is 12.1. The van der Waals surface area contributed by atoms with E-state index >= 15 is 0 Å². The summed E-state index contributed by atoms with van der Waals surface area (Å²) < 4.78 is 5.52. The van der Waals surface area contributed by atoms with E-state index in [9.17, 15) is 4.79 Å². The number of ketones is 1. The van der Waals surface area contributed by atoms with Gasteiger partial charge in [0, 0.05) is 12.8 Å². The SMILES string of the molecule is CCC(=O)CCCC(C)c1cc(C)oc1C. The molecule has 0 bridgehead atoms. The van der Waals surface area contributed by atoms with Crippen LogP contribution in [-0.2, 0) is 4.79 Å². The lowest BCUT2D eigenvalue weighted by Gasteiger charge is -2.09. The molecule has 1 atom stereocenters. The van der Waals surface area contributed by atoms with E-state index in [4.69, 9.17) is 4.42 Å². The first-order valence-corrected chi connectivity index (χ1v) is 6.13. The molecule has 1 heterocycles. The third-order valence-electron chi connectivity index (χ3n) is 3.10. The minimum atomic E-state index is 0.368. The third kappa shape index (κ3) is 3.51. The standard InChI is InChI=1S/C14H22O2/c1-5-13(15)8-6-7-10(2)14-9-11(3)16-12(14)4/h9-10H,5-8H2,1-4H3. The van der Waals surface area contributed by atoms with Crippen LogP contribution in [-0.4, -0.2) is 5.78 Å². The summed E-state index contributed by atoms with van der Waals surface area (Å²) in [6.45, 7) is 8.11. The van der Waals surface area contributed by atoms with Gasteiger partial charge in [-0.3, -0.25) is 4.79 Å². The predicted molar refractivity (Wildman–Crippen MR) is 65.7 cm³/mol. The molecule has 16 heavy (non-hydrogen) atoms. The number of aryl methyl sites for hydroxylation is 2. The number of furan rings is 1. The van der Waals surface area contributed by atoms with Crippen molar-refractivity contribution in [1.82, 2.24) is 0 Å². The van der Waals surface area contributed by atoms with E-state index in [1.54, 1.807) is 0 Å². The molecule has 1 aromatic heterocycles. The Bertz CT molecular complexity index is 350. The summed E-state index contributed by atoms with van der Waals surface area (Å²) in [6.07, 6.45) is 3.43. The van der Waals surface area contributed by atoms with Gasteiger partial charge in [0.1, 0.15) is 17.3 Å². The van der Waals surface area contributed by atoms with Crippen LogP contribution in [0.1, 0.15) is 62.5 Å². The zero-order valence-electron chi connectivity index (χ0n) is 10.8. The van der Waals surface area contributed by atoms with Gasteiger partial charge in [0.2, 0.25) is 0 Å². The van der Waals surface area contributed by atoms with Gasteiger partial charge >= 0.3 is 0 Å². The van der Waals surface area contributed by atoms with Crippen LogP contribution in [0.15, 0.2) is 10.5 Å². The molecule has 1 unspecified atom stereocenters.